The highest BCUT2D eigenvalue weighted by molar-refractivity contribution is 7.99. The number of nitrogens with zero attached hydrogens (tertiary/aromatic N) is 1. The summed E-state index contributed by atoms with van der Waals surface area (Å²) in [4.78, 5) is 14.8. The van der Waals surface area contributed by atoms with Gasteiger partial charge in [0.05, 0.1) is 12.7 Å². The third kappa shape index (κ3) is 2.72. The number of rotatable bonds is 3. The molecule has 20 heavy (non-hydrogen) atoms. The quantitative estimate of drug-likeness (QED) is 0.796. The van der Waals surface area contributed by atoms with Crippen LogP contribution in [0.25, 0.3) is 0 Å². The molecule has 0 unspecified atom stereocenters. The zero-order valence-electron chi connectivity index (χ0n) is 12.3. The van der Waals surface area contributed by atoms with Gasteiger partial charge in [0.15, 0.2) is 0 Å². The first-order valence-corrected chi connectivity index (χ1v) is 8.88. The van der Waals surface area contributed by atoms with E-state index in [0.29, 0.717) is 12.5 Å². The maximum absolute atomic E-state index is 12.7. The smallest absolute Gasteiger partial charge is 0.225 e. The summed E-state index contributed by atoms with van der Waals surface area (Å²) in [5.41, 5.74) is 0.0477. The van der Waals surface area contributed by atoms with E-state index < -0.39 is 0 Å². The van der Waals surface area contributed by atoms with Crippen LogP contribution in [0.4, 0.5) is 0 Å². The van der Waals surface area contributed by atoms with E-state index in [-0.39, 0.29) is 17.4 Å². The molecule has 2 atom stereocenters. The Morgan fingerprint density at radius 2 is 2.20 bits per heavy atom. The number of likely N-dealkylation sites (tertiary alicyclic amines) is 1. The van der Waals surface area contributed by atoms with Crippen molar-refractivity contribution in [3.8, 4) is 0 Å². The fourth-order valence-corrected chi connectivity index (χ4v) is 5.04. The van der Waals surface area contributed by atoms with Crippen molar-refractivity contribution >= 4 is 17.7 Å². The van der Waals surface area contributed by atoms with E-state index in [0.717, 1.165) is 56.9 Å². The van der Waals surface area contributed by atoms with Gasteiger partial charge in [0.25, 0.3) is 0 Å². The number of piperidine rings is 1. The summed E-state index contributed by atoms with van der Waals surface area (Å²) in [6.07, 6.45) is 4.38. The van der Waals surface area contributed by atoms with Gasteiger partial charge in [-0.15, -0.1) is 0 Å². The number of methoxy groups -OCH3 is 1. The number of hydrogen-bond acceptors (Lipinski definition) is 4. The molecule has 3 aliphatic heterocycles. The van der Waals surface area contributed by atoms with Gasteiger partial charge in [0.1, 0.15) is 0 Å². The lowest BCUT2D eigenvalue weighted by molar-refractivity contribution is -0.143. The summed E-state index contributed by atoms with van der Waals surface area (Å²) in [6, 6.07) is 0. The zero-order valence-corrected chi connectivity index (χ0v) is 13.1. The predicted molar refractivity (Wildman–Crippen MR) is 79.9 cm³/mol. The molecule has 3 fully saturated rings. The monoisotopic (exact) mass is 299 g/mol. The average molecular weight is 299 g/mol. The molecular weight excluding hydrogens is 274 g/mol. The molecule has 0 bridgehead atoms. The molecular formula is C15H25NO3S. The van der Waals surface area contributed by atoms with E-state index in [1.807, 2.05) is 11.8 Å². The van der Waals surface area contributed by atoms with E-state index in [4.69, 9.17) is 9.47 Å². The molecule has 0 aromatic heterocycles. The van der Waals surface area contributed by atoms with Gasteiger partial charge in [0, 0.05) is 38.1 Å². The van der Waals surface area contributed by atoms with Crippen LogP contribution in [-0.2, 0) is 14.3 Å². The van der Waals surface area contributed by atoms with Gasteiger partial charge >= 0.3 is 0 Å². The number of carbonyl (C=O) groups excluding carboxylic acids is 1. The Hall–Kier alpha value is -0.260. The third-order valence-corrected chi connectivity index (χ3v) is 6.13. The van der Waals surface area contributed by atoms with Crippen LogP contribution in [-0.4, -0.2) is 61.8 Å². The van der Waals surface area contributed by atoms with Gasteiger partial charge < -0.3 is 14.4 Å². The van der Waals surface area contributed by atoms with Crippen LogP contribution in [0.15, 0.2) is 0 Å². The SMILES string of the molecule is COC[C@]12CCO[C@H]1CCN(C(=O)C1CCSCC1)C2. The highest BCUT2D eigenvalue weighted by atomic mass is 32.2. The second-order valence-electron chi connectivity index (χ2n) is 6.34. The predicted octanol–water partition coefficient (Wildman–Crippen LogP) is 1.78. The number of thioether (sulfide) groups is 1. The molecule has 0 radical (unpaired) electrons. The molecule has 1 amide bonds. The molecule has 114 valence electrons. The molecule has 0 aliphatic carbocycles. The second-order valence-corrected chi connectivity index (χ2v) is 7.56. The molecule has 3 rings (SSSR count). The lowest BCUT2D eigenvalue weighted by Gasteiger charge is -2.44. The summed E-state index contributed by atoms with van der Waals surface area (Å²) in [7, 11) is 1.75. The maximum atomic E-state index is 12.7. The molecule has 3 aliphatic rings. The van der Waals surface area contributed by atoms with Crippen LogP contribution in [0, 0.1) is 11.3 Å². The Kier molecular flexibility index (Phi) is 4.58. The first kappa shape index (κ1) is 14.7. The van der Waals surface area contributed by atoms with E-state index >= 15 is 0 Å². The summed E-state index contributed by atoms with van der Waals surface area (Å²) < 4.78 is 11.3. The minimum absolute atomic E-state index is 0.0477. The van der Waals surface area contributed by atoms with Gasteiger partial charge in [0.2, 0.25) is 5.91 Å². The molecule has 0 aromatic rings. The maximum Gasteiger partial charge on any atom is 0.225 e. The van der Waals surface area contributed by atoms with E-state index in [1.54, 1.807) is 7.11 Å². The third-order valence-electron chi connectivity index (χ3n) is 5.08. The molecule has 0 saturated carbocycles. The topological polar surface area (TPSA) is 38.8 Å². The Morgan fingerprint density at radius 3 is 2.95 bits per heavy atom. The molecule has 3 saturated heterocycles. The average Bonchev–Trinajstić information content (AvgIpc) is 2.90. The fourth-order valence-electron chi connectivity index (χ4n) is 3.93. The minimum atomic E-state index is 0.0477. The summed E-state index contributed by atoms with van der Waals surface area (Å²) >= 11 is 1.97. The van der Waals surface area contributed by atoms with Crippen LogP contribution in [0.5, 0.6) is 0 Å². The van der Waals surface area contributed by atoms with Crippen molar-refractivity contribution in [3.63, 3.8) is 0 Å². The van der Waals surface area contributed by atoms with Crippen molar-refractivity contribution in [2.45, 2.75) is 31.8 Å². The standard InChI is InChI=1S/C15H25NO3S/c1-18-11-15-5-7-19-13(15)2-6-16(10-15)14(17)12-3-8-20-9-4-12/h12-13H,2-11H2,1H3/t13-,15+/m0/s1. The van der Waals surface area contributed by atoms with Gasteiger partial charge in [-0.3, -0.25) is 4.79 Å². The molecule has 0 N–H and O–H groups in total. The summed E-state index contributed by atoms with van der Waals surface area (Å²) in [6.45, 7) is 3.21. The Bertz CT molecular complexity index is 359. The number of amides is 1. The van der Waals surface area contributed by atoms with E-state index in [2.05, 4.69) is 4.90 Å². The Balaban J connectivity index is 1.67. The van der Waals surface area contributed by atoms with Gasteiger partial charge in [-0.1, -0.05) is 0 Å². The van der Waals surface area contributed by atoms with Crippen LogP contribution in [0.3, 0.4) is 0 Å². The zero-order chi connectivity index (χ0) is 14.0. The highest BCUT2D eigenvalue weighted by Gasteiger charge is 2.49. The largest absolute Gasteiger partial charge is 0.384 e. The number of fused-ring (bicyclic) bond motifs is 1. The van der Waals surface area contributed by atoms with Crippen molar-refractivity contribution < 1.29 is 14.3 Å². The Labute approximate surface area is 125 Å². The van der Waals surface area contributed by atoms with Crippen molar-refractivity contribution in [2.75, 3.05) is 44.9 Å². The lowest BCUT2D eigenvalue weighted by Crippen LogP contribution is -2.54. The molecule has 0 aromatic carbocycles. The van der Waals surface area contributed by atoms with Crippen molar-refractivity contribution in [1.29, 1.82) is 0 Å². The minimum Gasteiger partial charge on any atom is -0.384 e. The van der Waals surface area contributed by atoms with Crippen LogP contribution in [0.2, 0.25) is 0 Å². The van der Waals surface area contributed by atoms with Crippen molar-refractivity contribution in [2.24, 2.45) is 11.3 Å². The van der Waals surface area contributed by atoms with Crippen molar-refractivity contribution in [1.82, 2.24) is 4.90 Å². The first-order chi connectivity index (χ1) is 9.75. The normalized spacial score (nSPS) is 35.0. The highest BCUT2D eigenvalue weighted by Crippen LogP contribution is 2.41. The molecule has 0 spiro atoms. The van der Waals surface area contributed by atoms with Crippen LogP contribution >= 0.6 is 11.8 Å². The molecule has 4 nitrogen and oxygen atoms in total. The second kappa shape index (κ2) is 6.24. The number of hydrogen-bond donors (Lipinski definition) is 0. The van der Waals surface area contributed by atoms with Gasteiger partial charge in [-0.25, -0.2) is 0 Å². The lowest BCUT2D eigenvalue weighted by atomic mass is 9.77. The number of carbonyl (C=O) groups is 1. The van der Waals surface area contributed by atoms with Crippen molar-refractivity contribution in [3.05, 3.63) is 0 Å². The van der Waals surface area contributed by atoms with Crippen LogP contribution in [0.1, 0.15) is 25.7 Å². The van der Waals surface area contributed by atoms with Gasteiger partial charge in [-0.2, -0.15) is 11.8 Å². The molecule has 3 heterocycles. The van der Waals surface area contributed by atoms with E-state index in [1.165, 1.54) is 0 Å². The summed E-state index contributed by atoms with van der Waals surface area (Å²) in [5.74, 6) is 2.92. The molecule has 5 heteroatoms. The van der Waals surface area contributed by atoms with E-state index in [9.17, 15) is 4.79 Å². The summed E-state index contributed by atoms with van der Waals surface area (Å²) in [5, 5.41) is 0. The number of ether oxygens (including phenoxy) is 2. The first-order valence-electron chi connectivity index (χ1n) is 7.72. The van der Waals surface area contributed by atoms with Crippen LogP contribution < -0.4 is 0 Å². The Morgan fingerprint density at radius 1 is 1.40 bits per heavy atom. The van der Waals surface area contributed by atoms with Gasteiger partial charge in [-0.05, 0) is 37.2 Å². The fraction of sp³-hybridized carbons (Fsp3) is 0.933.